The summed E-state index contributed by atoms with van der Waals surface area (Å²) in [5.41, 5.74) is 1.87. The average Bonchev–Trinajstić information content (AvgIpc) is 3.12. The number of imide groups is 2. The number of barbiturate groups is 1. The molecular formula is C27H30N4O4. The van der Waals surface area contributed by atoms with Gasteiger partial charge in [0.25, 0.3) is 0 Å². The molecule has 8 nitrogen and oxygen atoms in total. The third-order valence-electron chi connectivity index (χ3n) is 7.47. The first-order chi connectivity index (χ1) is 16.9. The molecule has 2 unspecified atom stereocenters. The Labute approximate surface area is 204 Å². The van der Waals surface area contributed by atoms with Crippen LogP contribution in [0.4, 0.5) is 16.2 Å². The van der Waals surface area contributed by atoms with Gasteiger partial charge in [0.1, 0.15) is 0 Å². The number of rotatable bonds is 4. The first kappa shape index (κ1) is 23.1. The highest BCUT2D eigenvalue weighted by Gasteiger charge is 2.61. The van der Waals surface area contributed by atoms with Gasteiger partial charge in [-0.25, -0.2) is 4.79 Å². The van der Waals surface area contributed by atoms with Crippen molar-refractivity contribution in [3.8, 4) is 0 Å². The molecule has 2 fully saturated rings. The molecule has 0 aromatic heterocycles. The topological polar surface area (TPSA) is 98.8 Å². The molecule has 2 N–H and O–H groups in total. The van der Waals surface area contributed by atoms with Crippen LogP contribution in [0.2, 0.25) is 0 Å². The Morgan fingerprint density at radius 2 is 1.89 bits per heavy atom. The minimum absolute atomic E-state index is 0.103. The number of urea groups is 1. The van der Waals surface area contributed by atoms with Crippen LogP contribution in [0.25, 0.3) is 0 Å². The van der Waals surface area contributed by atoms with E-state index in [0.29, 0.717) is 18.5 Å². The number of hydrogen-bond acceptors (Lipinski definition) is 5. The number of benzene rings is 2. The molecule has 3 heterocycles. The minimum Gasteiger partial charge on any atom is -0.367 e. The van der Waals surface area contributed by atoms with Crippen LogP contribution >= 0.6 is 0 Å². The largest absolute Gasteiger partial charge is 0.367 e. The third kappa shape index (κ3) is 3.96. The maximum atomic E-state index is 14.2. The summed E-state index contributed by atoms with van der Waals surface area (Å²) in [4.78, 5) is 56.0. The minimum atomic E-state index is -1.41. The number of nitrogens with one attached hydrogen (secondary N) is 2. The fourth-order valence-electron chi connectivity index (χ4n) is 5.73. The molecule has 5 rings (SSSR count). The van der Waals surface area contributed by atoms with Gasteiger partial charge in [0.05, 0.1) is 12.6 Å². The van der Waals surface area contributed by atoms with E-state index >= 15 is 0 Å². The number of amides is 5. The highest BCUT2D eigenvalue weighted by atomic mass is 16.2. The Morgan fingerprint density at radius 1 is 1.09 bits per heavy atom. The lowest BCUT2D eigenvalue weighted by molar-refractivity contribution is -0.154. The van der Waals surface area contributed by atoms with E-state index < -0.39 is 23.3 Å². The van der Waals surface area contributed by atoms with Gasteiger partial charge in [0.2, 0.25) is 17.7 Å². The molecule has 3 aliphatic heterocycles. The van der Waals surface area contributed by atoms with Gasteiger partial charge < -0.3 is 10.2 Å². The van der Waals surface area contributed by atoms with Gasteiger partial charge in [0, 0.05) is 24.3 Å². The van der Waals surface area contributed by atoms with Crippen LogP contribution in [0.1, 0.15) is 50.2 Å². The molecule has 2 atom stereocenters. The van der Waals surface area contributed by atoms with Crippen molar-refractivity contribution in [1.82, 2.24) is 10.2 Å². The van der Waals surface area contributed by atoms with Crippen LogP contribution in [-0.2, 0) is 27.3 Å². The molecule has 0 saturated carbocycles. The summed E-state index contributed by atoms with van der Waals surface area (Å²) in [5.74, 6) is -1.07. The molecule has 182 valence electrons. The van der Waals surface area contributed by atoms with E-state index in [1.807, 2.05) is 48.5 Å². The molecule has 3 aliphatic rings. The van der Waals surface area contributed by atoms with Gasteiger partial charge in [-0.2, -0.15) is 0 Å². The van der Waals surface area contributed by atoms with E-state index in [1.54, 1.807) is 6.92 Å². The lowest BCUT2D eigenvalue weighted by Gasteiger charge is -2.51. The van der Waals surface area contributed by atoms with E-state index in [2.05, 4.69) is 15.5 Å². The van der Waals surface area contributed by atoms with E-state index in [4.69, 9.17) is 0 Å². The quantitative estimate of drug-likeness (QED) is 0.660. The Bertz CT molecular complexity index is 1180. The van der Waals surface area contributed by atoms with Crippen LogP contribution < -0.4 is 15.5 Å². The number of carbonyl (C=O) groups excluding carboxylic acids is 4. The van der Waals surface area contributed by atoms with E-state index in [-0.39, 0.29) is 24.9 Å². The van der Waals surface area contributed by atoms with Crippen molar-refractivity contribution in [3.05, 3.63) is 59.7 Å². The fraction of sp³-hybridized carbons (Fsp3) is 0.407. The number of carbonyl (C=O) groups is 4. The standard InChI is InChI=1S/C27H30N4O4/c1-2-23(32)28-20-12-13-21-19(15-20)16-27(22-11-7-4-8-14-30(21)22)24(33)29-26(35)31(25(27)34)17-18-9-5-3-6-10-18/h3,5-6,9-10,12-13,15,22H,2,4,7-8,11,14,16-17H2,1H3,(H,28,32)(H,29,33,35). The van der Waals surface area contributed by atoms with Gasteiger partial charge >= 0.3 is 6.03 Å². The predicted molar refractivity (Wildman–Crippen MR) is 132 cm³/mol. The summed E-state index contributed by atoms with van der Waals surface area (Å²) in [6.45, 7) is 2.62. The Morgan fingerprint density at radius 3 is 2.66 bits per heavy atom. The van der Waals surface area contributed by atoms with Gasteiger partial charge in [0.15, 0.2) is 5.41 Å². The zero-order valence-corrected chi connectivity index (χ0v) is 19.9. The lowest BCUT2D eigenvalue weighted by Crippen LogP contribution is -2.71. The first-order valence-corrected chi connectivity index (χ1v) is 12.3. The number of nitrogens with zero attached hydrogens (tertiary/aromatic N) is 2. The van der Waals surface area contributed by atoms with Crippen LogP contribution in [-0.4, -0.2) is 41.2 Å². The second-order valence-electron chi connectivity index (χ2n) is 9.59. The summed E-state index contributed by atoms with van der Waals surface area (Å²) in [6, 6.07) is 14.0. The molecule has 8 heteroatoms. The fourth-order valence-corrected chi connectivity index (χ4v) is 5.73. The SMILES string of the molecule is CCC(=O)Nc1ccc2c(c1)CC1(C(=O)NC(=O)N(Cc3ccccc3)C1=O)C1CCCCCN21. The second kappa shape index (κ2) is 9.17. The average molecular weight is 475 g/mol. The zero-order valence-electron chi connectivity index (χ0n) is 19.9. The molecule has 1 spiro atoms. The first-order valence-electron chi connectivity index (χ1n) is 12.3. The van der Waals surface area contributed by atoms with Crippen LogP contribution in [0.15, 0.2) is 48.5 Å². The van der Waals surface area contributed by atoms with E-state index in [1.165, 1.54) is 4.90 Å². The second-order valence-corrected chi connectivity index (χ2v) is 9.59. The van der Waals surface area contributed by atoms with Crippen molar-refractivity contribution < 1.29 is 19.2 Å². The molecular weight excluding hydrogens is 444 g/mol. The highest BCUT2D eigenvalue weighted by Crippen LogP contribution is 2.47. The van der Waals surface area contributed by atoms with Crippen LogP contribution in [0.3, 0.4) is 0 Å². The summed E-state index contributed by atoms with van der Waals surface area (Å²) in [7, 11) is 0. The Hall–Kier alpha value is -3.68. The predicted octanol–water partition coefficient (Wildman–Crippen LogP) is 3.61. The van der Waals surface area contributed by atoms with Crippen molar-refractivity contribution in [1.29, 1.82) is 0 Å². The maximum Gasteiger partial charge on any atom is 0.331 e. The monoisotopic (exact) mass is 474 g/mol. The van der Waals surface area contributed by atoms with Gasteiger partial charge in [-0.1, -0.05) is 50.1 Å². The molecule has 2 saturated heterocycles. The highest BCUT2D eigenvalue weighted by molar-refractivity contribution is 6.20. The number of hydrogen-bond donors (Lipinski definition) is 2. The third-order valence-corrected chi connectivity index (χ3v) is 7.47. The molecule has 0 radical (unpaired) electrons. The summed E-state index contributed by atoms with van der Waals surface area (Å²) < 4.78 is 0. The van der Waals surface area contributed by atoms with Crippen molar-refractivity contribution in [2.75, 3.05) is 16.8 Å². The Kier molecular flexibility index (Phi) is 6.05. The van der Waals surface area contributed by atoms with Gasteiger partial charge in [-0.15, -0.1) is 0 Å². The van der Waals surface area contributed by atoms with Gasteiger partial charge in [-0.05, 0) is 48.6 Å². The molecule has 35 heavy (non-hydrogen) atoms. The maximum absolute atomic E-state index is 14.2. The molecule has 0 bridgehead atoms. The number of fused-ring (bicyclic) bond motifs is 4. The van der Waals surface area contributed by atoms with Crippen molar-refractivity contribution in [2.24, 2.45) is 5.41 Å². The van der Waals surface area contributed by atoms with E-state index in [9.17, 15) is 19.2 Å². The molecule has 5 amide bonds. The summed E-state index contributed by atoms with van der Waals surface area (Å²) >= 11 is 0. The smallest absolute Gasteiger partial charge is 0.331 e. The van der Waals surface area contributed by atoms with Gasteiger partial charge in [-0.3, -0.25) is 24.6 Å². The van der Waals surface area contributed by atoms with Crippen molar-refractivity contribution in [2.45, 2.75) is 58.0 Å². The Balaban J connectivity index is 1.58. The molecule has 0 aliphatic carbocycles. The summed E-state index contributed by atoms with van der Waals surface area (Å²) in [5, 5.41) is 5.39. The molecule has 2 aromatic rings. The van der Waals surface area contributed by atoms with Crippen LogP contribution in [0.5, 0.6) is 0 Å². The van der Waals surface area contributed by atoms with Crippen molar-refractivity contribution in [3.63, 3.8) is 0 Å². The van der Waals surface area contributed by atoms with Crippen molar-refractivity contribution >= 4 is 35.1 Å². The molecule has 2 aromatic carbocycles. The summed E-state index contributed by atoms with van der Waals surface area (Å²) in [6.07, 6.45) is 4.12. The number of anilines is 2. The normalized spacial score (nSPS) is 23.9. The van der Waals surface area contributed by atoms with E-state index in [0.717, 1.165) is 42.6 Å². The van der Waals surface area contributed by atoms with Crippen LogP contribution in [0, 0.1) is 5.41 Å². The zero-order chi connectivity index (χ0) is 24.6. The lowest BCUT2D eigenvalue weighted by atomic mass is 9.67.